The van der Waals surface area contributed by atoms with Crippen LogP contribution in [0.3, 0.4) is 0 Å². The summed E-state index contributed by atoms with van der Waals surface area (Å²) in [4.78, 5) is 25.9. The Hall–Kier alpha value is -1.64. The van der Waals surface area contributed by atoms with Gasteiger partial charge in [0, 0.05) is 6.04 Å². The lowest BCUT2D eigenvalue weighted by Crippen LogP contribution is -2.35. The summed E-state index contributed by atoms with van der Waals surface area (Å²) in [5, 5.41) is 0. The maximum absolute atomic E-state index is 12.3. The van der Waals surface area contributed by atoms with E-state index in [1.54, 1.807) is 0 Å². The third kappa shape index (κ3) is 3.34. The van der Waals surface area contributed by atoms with Crippen LogP contribution in [-0.4, -0.2) is 22.8 Å². The summed E-state index contributed by atoms with van der Waals surface area (Å²) in [6.45, 7) is 5.95. The van der Waals surface area contributed by atoms with E-state index >= 15 is 0 Å². The standard InChI is InChI=1S/C18H25NO2/c1-4-5-6-7-8-9-14-10-11-15-16(12-14)18(21)19(13(2)3)17(15)20/h10-13H,4-9H2,1-3H3. The van der Waals surface area contributed by atoms with Gasteiger partial charge in [0.25, 0.3) is 11.8 Å². The number of rotatable bonds is 7. The monoisotopic (exact) mass is 287 g/mol. The number of amides is 2. The topological polar surface area (TPSA) is 37.4 Å². The van der Waals surface area contributed by atoms with E-state index in [1.807, 2.05) is 32.0 Å². The molecular formula is C18H25NO2. The normalized spacial score (nSPS) is 14.2. The second kappa shape index (κ2) is 6.88. The molecule has 0 N–H and O–H groups in total. The molecule has 0 spiro atoms. The molecule has 0 aliphatic carbocycles. The minimum atomic E-state index is -0.153. The minimum Gasteiger partial charge on any atom is -0.272 e. The molecule has 3 heteroatoms. The Morgan fingerprint density at radius 3 is 2.29 bits per heavy atom. The number of carbonyl (C=O) groups is 2. The molecule has 0 unspecified atom stereocenters. The molecule has 1 aromatic carbocycles. The van der Waals surface area contributed by atoms with Crippen LogP contribution in [0.15, 0.2) is 18.2 Å². The highest BCUT2D eigenvalue weighted by Crippen LogP contribution is 2.26. The van der Waals surface area contributed by atoms with E-state index in [-0.39, 0.29) is 17.9 Å². The molecular weight excluding hydrogens is 262 g/mol. The van der Waals surface area contributed by atoms with Gasteiger partial charge in [-0.25, -0.2) is 0 Å². The number of nitrogens with zero attached hydrogens (tertiary/aromatic N) is 1. The molecule has 0 fully saturated rings. The third-order valence-corrected chi connectivity index (χ3v) is 4.07. The van der Waals surface area contributed by atoms with Gasteiger partial charge in [0.2, 0.25) is 0 Å². The van der Waals surface area contributed by atoms with E-state index in [0.29, 0.717) is 11.1 Å². The molecule has 1 heterocycles. The molecule has 1 aliphatic rings. The Balaban J connectivity index is 2.04. The summed E-state index contributed by atoms with van der Waals surface area (Å²) in [5.74, 6) is -0.294. The summed E-state index contributed by atoms with van der Waals surface area (Å²) in [5.41, 5.74) is 2.31. The highest BCUT2D eigenvalue weighted by atomic mass is 16.2. The van der Waals surface area contributed by atoms with Crippen molar-refractivity contribution in [3.05, 3.63) is 34.9 Å². The molecule has 2 amide bonds. The predicted molar refractivity (Wildman–Crippen MR) is 84.5 cm³/mol. The van der Waals surface area contributed by atoms with Crippen LogP contribution in [0.1, 0.15) is 79.2 Å². The minimum absolute atomic E-state index is 0.0881. The quantitative estimate of drug-likeness (QED) is 0.556. The first-order valence-corrected chi connectivity index (χ1v) is 8.07. The van der Waals surface area contributed by atoms with E-state index in [1.165, 1.54) is 30.6 Å². The van der Waals surface area contributed by atoms with Crippen LogP contribution >= 0.6 is 0 Å². The molecule has 1 aliphatic heterocycles. The van der Waals surface area contributed by atoms with E-state index in [4.69, 9.17) is 0 Å². The van der Waals surface area contributed by atoms with Crippen molar-refractivity contribution in [2.24, 2.45) is 0 Å². The number of imide groups is 1. The summed E-state index contributed by atoms with van der Waals surface area (Å²) in [6, 6.07) is 5.64. The second-order valence-electron chi connectivity index (χ2n) is 6.12. The number of benzene rings is 1. The number of carbonyl (C=O) groups excluding carboxylic acids is 2. The zero-order chi connectivity index (χ0) is 15.4. The highest BCUT2D eigenvalue weighted by Gasteiger charge is 2.36. The summed E-state index contributed by atoms with van der Waals surface area (Å²) >= 11 is 0. The average molecular weight is 287 g/mol. The van der Waals surface area contributed by atoms with Crippen molar-refractivity contribution >= 4 is 11.8 Å². The van der Waals surface area contributed by atoms with Gasteiger partial charge >= 0.3 is 0 Å². The summed E-state index contributed by atoms with van der Waals surface area (Å²) in [7, 11) is 0. The van der Waals surface area contributed by atoms with Crippen molar-refractivity contribution in [3.8, 4) is 0 Å². The van der Waals surface area contributed by atoms with Gasteiger partial charge in [-0.2, -0.15) is 0 Å². The van der Waals surface area contributed by atoms with Crippen molar-refractivity contribution in [2.45, 2.75) is 65.3 Å². The highest BCUT2D eigenvalue weighted by molar-refractivity contribution is 6.21. The number of aryl methyl sites for hydroxylation is 1. The Morgan fingerprint density at radius 1 is 0.952 bits per heavy atom. The van der Waals surface area contributed by atoms with Gasteiger partial charge in [-0.15, -0.1) is 0 Å². The first-order chi connectivity index (χ1) is 10.1. The molecule has 0 bridgehead atoms. The smallest absolute Gasteiger partial charge is 0.261 e. The molecule has 0 atom stereocenters. The lowest BCUT2D eigenvalue weighted by Gasteiger charge is -2.17. The molecule has 0 saturated heterocycles. The zero-order valence-corrected chi connectivity index (χ0v) is 13.3. The Labute approximate surface area is 127 Å². The largest absolute Gasteiger partial charge is 0.272 e. The van der Waals surface area contributed by atoms with Crippen LogP contribution in [0, 0.1) is 0 Å². The average Bonchev–Trinajstić information content (AvgIpc) is 2.70. The van der Waals surface area contributed by atoms with Gasteiger partial charge in [-0.05, 0) is 44.4 Å². The van der Waals surface area contributed by atoms with Crippen LogP contribution < -0.4 is 0 Å². The zero-order valence-electron chi connectivity index (χ0n) is 13.3. The van der Waals surface area contributed by atoms with Gasteiger partial charge in [0.05, 0.1) is 11.1 Å². The third-order valence-electron chi connectivity index (χ3n) is 4.07. The van der Waals surface area contributed by atoms with E-state index in [2.05, 4.69) is 6.92 Å². The first kappa shape index (κ1) is 15.7. The predicted octanol–water partition coefficient (Wildman–Crippen LogP) is 4.20. The van der Waals surface area contributed by atoms with Crippen molar-refractivity contribution in [1.82, 2.24) is 4.90 Å². The number of hydrogen-bond donors (Lipinski definition) is 0. The fourth-order valence-electron chi connectivity index (χ4n) is 2.86. The van der Waals surface area contributed by atoms with Crippen LogP contribution in [0.25, 0.3) is 0 Å². The number of unbranched alkanes of at least 4 members (excludes halogenated alkanes) is 4. The fourth-order valence-corrected chi connectivity index (χ4v) is 2.86. The van der Waals surface area contributed by atoms with E-state index in [9.17, 15) is 9.59 Å². The molecule has 0 saturated carbocycles. The molecule has 2 rings (SSSR count). The van der Waals surface area contributed by atoms with Crippen LogP contribution in [0.2, 0.25) is 0 Å². The van der Waals surface area contributed by atoms with E-state index in [0.717, 1.165) is 18.4 Å². The Morgan fingerprint density at radius 2 is 1.62 bits per heavy atom. The lowest BCUT2D eigenvalue weighted by molar-refractivity contribution is 0.0609. The van der Waals surface area contributed by atoms with Gasteiger partial charge in [-0.3, -0.25) is 14.5 Å². The van der Waals surface area contributed by atoms with Crippen LogP contribution in [-0.2, 0) is 6.42 Å². The fraction of sp³-hybridized carbons (Fsp3) is 0.556. The van der Waals surface area contributed by atoms with Crippen molar-refractivity contribution in [3.63, 3.8) is 0 Å². The molecule has 0 radical (unpaired) electrons. The molecule has 1 aromatic rings. The van der Waals surface area contributed by atoms with Gasteiger partial charge < -0.3 is 0 Å². The maximum atomic E-state index is 12.3. The molecule has 0 aromatic heterocycles. The summed E-state index contributed by atoms with van der Waals surface area (Å²) < 4.78 is 0. The van der Waals surface area contributed by atoms with Crippen LogP contribution in [0.4, 0.5) is 0 Å². The van der Waals surface area contributed by atoms with Crippen molar-refractivity contribution in [1.29, 1.82) is 0 Å². The lowest BCUT2D eigenvalue weighted by atomic mass is 10.0. The Bertz CT molecular complexity index is 534. The van der Waals surface area contributed by atoms with Crippen molar-refractivity contribution in [2.75, 3.05) is 0 Å². The first-order valence-electron chi connectivity index (χ1n) is 8.07. The SMILES string of the molecule is CCCCCCCc1ccc2c(c1)C(=O)N(C(C)C)C2=O. The van der Waals surface area contributed by atoms with Crippen LogP contribution in [0.5, 0.6) is 0 Å². The second-order valence-corrected chi connectivity index (χ2v) is 6.12. The Kier molecular flexibility index (Phi) is 5.16. The number of hydrogen-bond acceptors (Lipinski definition) is 2. The molecule has 3 nitrogen and oxygen atoms in total. The summed E-state index contributed by atoms with van der Waals surface area (Å²) in [6.07, 6.45) is 7.19. The molecule has 21 heavy (non-hydrogen) atoms. The van der Waals surface area contributed by atoms with Gasteiger partial charge in [-0.1, -0.05) is 38.7 Å². The van der Waals surface area contributed by atoms with Gasteiger partial charge in [0.1, 0.15) is 0 Å². The maximum Gasteiger partial charge on any atom is 0.261 e. The van der Waals surface area contributed by atoms with Crippen molar-refractivity contribution < 1.29 is 9.59 Å². The van der Waals surface area contributed by atoms with Gasteiger partial charge in [0.15, 0.2) is 0 Å². The molecule has 114 valence electrons. The number of fused-ring (bicyclic) bond motifs is 1. The van der Waals surface area contributed by atoms with E-state index < -0.39 is 0 Å².